The molecule has 7 nitrogen and oxygen atoms in total. The van der Waals surface area contributed by atoms with Gasteiger partial charge in [0.05, 0.1) is 0 Å². The Labute approximate surface area is 171 Å². The molecular formula is C21H41N5O2. The highest BCUT2D eigenvalue weighted by molar-refractivity contribution is 5.80. The minimum absolute atomic E-state index is 0.199. The van der Waals surface area contributed by atoms with Crippen LogP contribution in [0.2, 0.25) is 0 Å². The van der Waals surface area contributed by atoms with Crippen LogP contribution in [0.5, 0.6) is 0 Å². The number of hydrogen-bond acceptors (Lipinski definition) is 4. The topological polar surface area (TPSA) is 60.4 Å². The lowest BCUT2D eigenvalue weighted by atomic mass is 9.96. The molecule has 0 aromatic heterocycles. The zero-order valence-corrected chi connectivity index (χ0v) is 18.8. The number of likely N-dealkylation sites (N-methyl/N-ethyl adjacent to an activating group) is 1. The highest BCUT2D eigenvalue weighted by atomic mass is 16.6. The molecule has 1 unspecified atom stereocenters. The molecule has 0 saturated carbocycles. The number of nitrogens with zero attached hydrogens (tertiary/aromatic N) is 4. The monoisotopic (exact) mass is 395 g/mol. The van der Waals surface area contributed by atoms with E-state index in [-0.39, 0.29) is 6.09 Å². The van der Waals surface area contributed by atoms with Gasteiger partial charge in [0, 0.05) is 45.8 Å². The minimum atomic E-state index is -0.445. The average Bonchev–Trinajstić information content (AvgIpc) is 3.04. The Bertz CT molecular complexity index is 523. The first-order chi connectivity index (χ1) is 13.2. The second-order valence-electron chi connectivity index (χ2n) is 9.15. The van der Waals surface area contributed by atoms with Crippen LogP contribution in [0.1, 0.15) is 53.4 Å². The number of ether oxygens (including phenoxy) is 1. The van der Waals surface area contributed by atoms with Gasteiger partial charge in [-0.1, -0.05) is 0 Å². The molecule has 0 aliphatic carbocycles. The number of piperidine rings is 1. The molecular weight excluding hydrogens is 354 g/mol. The summed E-state index contributed by atoms with van der Waals surface area (Å²) < 4.78 is 5.54. The standard InChI is InChI=1S/C21H41N5O2/c1-7-25(20(27)28-21(2,3)4)16-17-10-13-26(14-11-17)19(22-5)23-15-18-9-8-12-24(18)6/h17-18H,7-16H2,1-6H3,(H,22,23). The van der Waals surface area contributed by atoms with E-state index in [1.807, 2.05) is 39.6 Å². The third-order valence-electron chi connectivity index (χ3n) is 5.81. The van der Waals surface area contributed by atoms with Crippen LogP contribution in [0.4, 0.5) is 4.79 Å². The third kappa shape index (κ3) is 6.83. The fraction of sp³-hybridized carbons (Fsp3) is 0.905. The molecule has 0 radical (unpaired) electrons. The molecule has 28 heavy (non-hydrogen) atoms. The summed E-state index contributed by atoms with van der Waals surface area (Å²) in [7, 11) is 4.08. The van der Waals surface area contributed by atoms with Crippen molar-refractivity contribution in [1.82, 2.24) is 20.0 Å². The zero-order chi connectivity index (χ0) is 20.7. The van der Waals surface area contributed by atoms with E-state index >= 15 is 0 Å². The molecule has 7 heteroatoms. The SMILES string of the molecule is CCN(CC1CCN(C(=NC)NCC2CCCN2C)CC1)C(=O)OC(C)(C)C. The lowest BCUT2D eigenvalue weighted by Gasteiger charge is -2.37. The van der Waals surface area contributed by atoms with Crippen molar-refractivity contribution in [3.05, 3.63) is 0 Å². The van der Waals surface area contributed by atoms with Crippen molar-refractivity contribution in [2.75, 3.05) is 53.4 Å². The van der Waals surface area contributed by atoms with Crippen molar-refractivity contribution in [1.29, 1.82) is 0 Å². The largest absolute Gasteiger partial charge is 0.444 e. The summed E-state index contributed by atoms with van der Waals surface area (Å²) in [6.07, 6.45) is 4.50. The number of aliphatic imine (C=N–C) groups is 1. The van der Waals surface area contributed by atoms with Crippen LogP contribution in [-0.2, 0) is 4.74 Å². The third-order valence-corrected chi connectivity index (χ3v) is 5.81. The fourth-order valence-corrected chi connectivity index (χ4v) is 4.08. The quantitative estimate of drug-likeness (QED) is 0.573. The van der Waals surface area contributed by atoms with Crippen molar-refractivity contribution < 1.29 is 9.53 Å². The molecule has 2 aliphatic heterocycles. The van der Waals surface area contributed by atoms with E-state index in [0.29, 0.717) is 18.5 Å². The second-order valence-corrected chi connectivity index (χ2v) is 9.15. The van der Waals surface area contributed by atoms with Gasteiger partial charge in [-0.25, -0.2) is 4.79 Å². The number of rotatable bonds is 5. The Morgan fingerprint density at radius 3 is 2.39 bits per heavy atom. The summed E-state index contributed by atoms with van der Waals surface area (Å²) in [5, 5.41) is 3.57. The molecule has 2 fully saturated rings. The molecule has 1 N–H and O–H groups in total. The number of hydrogen-bond donors (Lipinski definition) is 1. The van der Waals surface area contributed by atoms with Gasteiger partial charge in [-0.15, -0.1) is 0 Å². The van der Waals surface area contributed by atoms with E-state index in [4.69, 9.17) is 4.74 Å². The van der Waals surface area contributed by atoms with Crippen LogP contribution < -0.4 is 5.32 Å². The highest BCUT2D eigenvalue weighted by Gasteiger charge is 2.27. The predicted octanol–water partition coefficient (Wildman–Crippen LogP) is 2.63. The summed E-state index contributed by atoms with van der Waals surface area (Å²) in [6.45, 7) is 13.4. The number of nitrogens with one attached hydrogen (secondary N) is 1. The van der Waals surface area contributed by atoms with Gasteiger partial charge in [0.2, 0.25) is 0 Å². The zero-order valence-electron chi connectivity index (χ0n) is 18.8. The molecule has 162 valence electrons. The van der Waals surface area contributed by atoms with Gasteiger partial charge in [0.1, 0.15) is 5.60 Å². The Morgan fingerprint density at radius 1 is 1.21 bits per heavy atom. The summed E-state index contributed by atoms with van der Waals surface area (Å²) in [5.74, 6) is 1.53. The average molecular weight is 396 g/mol. The number of carbonyl (C=O) groups excluding carboxylic acids is 1. The van der Waals surface area contributed by atoms with Gasteiger partial charge in [0.25, 0.3) is 0 Å². The van der Waals surface area contributed by atoms with Gasteiger partial charge < -0.3 is 24.8 Å². The van der Waals surface area contributed by atoms with Gasteiger partial charge in [-0.05, 0) is 72.9 Å². The Hall–Kier alpha value is -1.50. The van der Waals surface area contributed by atoms with E-state index in [1.54, 1.807) is 0 Å². The van der Waals surface area contributed by atoms with Crippen molar-refractivity contribution >= 4 is 12.1 Å². The van der Waals surface area contributed by atoms with Crippen LogP contribution in [0.15, 0.2) is 4.99 Å². The molecule has 1 atom stereocenters. The second kappa shape index (κ2) is 10.3. The Balaban J connectivity index is 1.78. The van der Waals surface area contributed by atoms with Crippen LogP contribution in [-0.4, -0.2) is 91.8 Å². The van der Waals surface area contributed by atoms with Gasteiger partial charge in [-0.2, -0.15) is 0 Å². The van der Waals surface area contributed by atoms with Gasteiger partial charge in [-0.3, -0.25) is 4.99 Å². The molecule has 1 amide bonds. The molecule has 2 aliphatic rings. The van der Waals surface area contributed by atoms with Crippen LogP contribution >= 0.6 is 0 Å². The van der Waals surface area contributed by atoms with E-state index in [2.05, 4.69) is 27.2 Å². The first-order valence-corrected chi connectivity index (χ1v) is 10.9. The summed E-state index contributed by atoms with van der Waals surface area (Å²) in [4.78, 5) is 23.5. The Kier molecular flexibility index (Phi) is 8.40. The van der Waals surface area contributed by atoms with Crippen molar-refractivity contribution in [3.63, 3.8) is 0 Å². The summed E-state index contributed by atoms with van der Waals surface area (Å²) in [6, 6.07) is 0.612. The lowest BCUT2D eigenvalue weighted by Crippen LogP contribution is -2.50. The van der Waals surface area contributed by atoms with Crippen molar-refractivity contribution in [2.24, 2.45) is 10.9 Å². The number of carbonyl (C=O) groups is 1. The van der Waals surface area contributed by atoms with Crippen LogP contribution in [0, 0.1) is 5.92 Å². The molecule has 0 bridgehead atoms. The fourth-order valence-electron chi connectivity index (χ4n) is 4.08. The van der Waals surface area contributed by atoms with Gasteiger partial charge >= 0.3 is 6.09 Å². The molecule has 2 rings (SSSR count). The first kappa shape index (κ1) is 22.8. The smallest absolute Gasteiger partial charge is 0.410 e. The first-order valence-electron chi connectivity index (χ1n) is 10.9. The van der Waals surface area contributed by atoms with E-state index in [9.17, 15) is 4.79 Å². The van der Waals surface area contributed by atoms with E-state index in [1.165, 1.54) is 19.4 Å². The molecule has 0 spiro atoms. The molecule has 0 aromatic carbocycles. The van der Waals surface area contributed by atoms with E-state index in [0.717, 1.165) is 45.0 Å². The predicted molar refractivity (Wildman–Crippen MR) is 115 cm³/mol. The number of amides is 1. The van der Waals surface area contributed by atoms with E-state index < -0.39 is 5.60 Å². The minimum Gasteiger partial charge on any atom is -0.444 e. The molecule has 2 heterocycles. The molecule has 0 aromatic rings. The number of guanidine groups is 1. The highest BCUT2D eigenvalue weighted by Crippen LogP contribution is 2.20. The molecule has 2 saturated heterocycles. The maximum atomic E-state index is 12.4. The van der Waals surface area contributed by atoms with Crippen LogP contribution in [0.25, 0.3) is 0 Å². The maximum Gasteiger partial charge on any atom is 0.410 e. The Morgan fingerprint density at radius 2 is 1.89 bits per heavy atom. The van der Waals surface area contributed by atoms with Gasteiger partial charge in [0.15, 0.2) is 5.96 Å². The summed E-state index contributed by atoms with van der Waals surface area (Å²) in [5.41, 5.74) is -0.445. The lowest BCUT2D eigenvalue weighted by molar-refractivity contribution is 0.0214. The van der Waals surface area contributed by atoms with Crippen LogP contribution in [0.3, 0.4) is 0 Å². The normalized spacial score (nSPS) is 22.4. The van der Waals surface area contributed by atoms with Crippen molar-refractivity contribution in [2.45, 2.75) is 65.0 Å². The maximum absolute atomic E-state index is 12.4. The summed E-state index contributed by atoms with van der Waals surface area (Å²) >= 11 is 0. The number of likely N-dealkylation sites (tertiary alicyclic amines) is 2. The van der Waals surface area contributed by atoms with Crippen molar-refractivity contribution in [3.8, 4) is 0 Å².